The van der Waals surface area contributed by atoms with E-state index in [2.05, 4.69) is 0 Å². The molecule has 0 N–H and O–H groups in total. The van der Waals surface area contributed by atoms with Gasteiger partial charge in [0.1, 0.15) is 18.1 Å². The molecule has 0 saturated heterocycles. The highest BCUT2D eigenvalue weighted by molar-refractivity contribution is 5.88. The maximum Gasteiger partial charge on any atom is 0.141 e. The van der Waals surface area contributed by atoms with Crippen LogP contribution in [0.2, 0.25) is 0 Å². The Balaban J connectivity index is 1.71. The molecule has 0 saturated carbocycles. The summed E-state index contributed by atoms with van der Waals surface area (Å²) in [6.07, 6.45) is 1.13. The average molecular weight is 238 g/mol. The molecule has 2 nitrogen and oxygen atoms in total. The van der Waals surface area contributed by atoms with Crippen LogP contribution in [-0.2, 0) is 24.2 Å². The largest absolute Gasteiger partial charge is 0.489 e. The first-order chi connectivity index (χ1) is 8.81. The molecule has 18 heavy (non-hydrogen) atoms. The van der Waals surface area contributed by atoms with Crippen LogP contribution in [0.15, 0.2) is 48.5 Å². The normalized spacial score (nSPS) is 13.4. The molecule has 0 bridgehead atoms. The van der Waals surface area contributed by atoms with Crippen LogP contribution in [0.25, 0.3) is 0 Å². The Morgan fingerprint density at radius 1 is 0.944 bits per heavy atom. The van der Waals surface area contributed by atoms with Crippen LogP contribution < -0.4 is 4.74 Å². The van der Waals surface area contributed by atoms with Crippen molar-refractivity contribution in [1.82, 2.24) is 0 Å². The minimum Gasteiger partial charge on any atom is -0.489 e. The molecule has 0 aliphatic heterocycles. The lowest BCUT2D eigenvalue weighted by Gasteiger charge is -2.07. The predicted octanol–water partition coefficient (Wildman–Crippen LogP) is 2.93. The van der Waals surface area contributed by atoms with Gasteiger partial charge in [0.15, 0.2) is 0 Å². The fourth-order valence-corrected chi connectivity index (χ4v) is 2.26. The summed E-state index contributed by atoms with van der Waals surface area (Å²) < 4.78 is 5.74. The van der Waals surface area contributed by atoms with Gasteiger partial charge in [0.25, 0.3) is 0 Å². The van der Waals surface area contributed by atoms with Crippen molar-refractivity contribution in [2.75, 3.05) is 0 Å². The van der Waals surface area contributed by atoms with E-state index in [1.165, 1.54) is 0 Å². The van der Waals surface area contributed by atoms with Gasteiger partial charge in [-0.3, -0.25) is 4.79 Å². The number of carbonyl (C=O) groups excluding carboxylic acids is 1. The van der Waals surface area contributed by atoms with Crippen LogP contribution >= 0.6 is 0 Å². The maximum atomic E-state index is 11.3. The summed E-state index contributed by atoms with van der Waals surface area (Å²) in [4.78, 5) is 11.3. The number of fused-ring (bicyclic) bond motifs is 1. The highest BCUT2D eigenvalue weighted by Crippen LogP contribution is 2.24. The molecule has 2 aromatic carbocycles. The number of benzene rings is 2. The Morgan fingerprint density at radius 2 is 1.72 bits per heavy atom. The van der Waals surface area contributed by atoms with Crippen molar-refractivity contribution in [3.05, 3.63) is 65.2 Å². The van der Waals surface area contributed by atoms with E-state index in [-0.39, 0.29) is 0 Å². The number of carbonyl (C=O) groups is 1. The van der Waals surface area contributed by atoms with Crippen molar-refractivity contribution < 1.29 is 9.53 Å². The monoisotopic (exact) mass is 238 g/mol. The van der Waals surface area contributed by atoms with E-state index in [1.807, 2.05) is 48.5 Å². The van der Waals surface area contributed by atoms with Crippen LogP contribution in [0.5, 0.6) is 5.75 Å². The number of ether oxygens (including phenoxy) is 1. The number of rotatable bonds is 3. The predicted molar refractivity (Wildman–Crippen MR) is 69.6 cm³/mol. The quantitative estimate of drug-likeness (QED) is 0.821. The van der Waals surface area contributed by atoms with Gasteiger partial charge in [0.2, 0.25) is 0 Å². The fraction of sp³-hybridized carbons (Fsp3) is 0.188. The van der Waals surface area contributed by atoms with Crippen LogP contribution in [0.1, 0.15) is 16.7 Å². The third-order valence-corrected chi connectivity index (χ3v) is 3.20. The number of hydrogen-bond acceptors (Lipinski definition) is 2. The van der Waals surface area contributed by atoms with E-state index in [9.17, 15) is 4.79 Å². The van der Waals surface area contributed by atoms with E-state index < -0.39 is 0 Å². The summed E-state index contributed by atoms with van der Waals surface area (Å²) >= 11 is 0. The zero-order chi connectivity index (χ0) is 12.4. The smallest absolute Gasteiger partial charge is 0.141 e. The third-order valence-electron chi connectivity index (χ3n) is 3.20. The molecule has 0 aromatic heterocycles. The highest BCUT2D eigenvalue weighted by Gasteiger charge is 2.18. The van der Waals surface area contributed by atoms with Crippen molar-refractivity contribution in [1.29, 1.82) is 0 Å². The number of ketones is 1. The minimum atomic E-state index is 0.296. The molecule has 90 valence electrons. The molecule has 0 heterocycles. The van der Waals surface area contributed by atoms with Crippen molar-refractivity contribution in [3.8, 4) is 5.75 Å². The Morgan fingerprint density at radius 3 is 2.56 bits per heavy atom. The lowest BCUT2D eigenvalue weighted by atomic mass is 10.1. The zero-order valence-corrected chi connectivity index (χ0v) is 10.1. The van der Waals surface area contributed by atoms with E-state index in [0.717, 1.165) is 22.4 Å². The molecule has 3 rings (SSSR count). The van der Waals surface area contributed by atoms with E-state index in [4.69, 9.17) is 4.74 Å². The average Bonchev–Trinajstić information content (AvgIpc) is 2.77. The van der Waals surface area contributed by atoms with Gasteiger partial charge in [-0.25, -0.2) is 0 Å². The van der Waals surface area contributed by atoms with Crippen molar-refractivity contribution in [3.63, 3.8) is 0 Å². The Hall–Kier alpha value is -2.09. The van der Waals surface area contributed by atoms with E-state index >= 15 is 0 Å². The second-order valence-corrected chi connectivity index (χ2v) is 4.60. The fourth-order valence-electron chi connectivity index (χ4n) is 2.26. The molecule has 0 atom stereocenters. The van der Waals surface area contributed by atoms with Crippen molar-refractivity contribution >= 4 is 5.78 Å². The number of Topliss-reactive ketones (excluding diaryl/α,β-unsaturated/α-hetero) is 1. The van der Waals surface area contributed by atoms with Gasteiger partial charge in [-0.15, -0.1) is 0 Å². The van der Waals surface area contributed by atoms with Gasteiger partial charge in [-0.2, -0.15) is 0 Å². The van der Waals surface area contributed by atoms with Gasteiger partial charge in [-0.1, -0.05) is 36.4 Å². The molecular formula is C16H14O2. The molecule has 1 aliphatic rings. The molecule has 1 aliphatic carbocycles. The second kappa shape index (κ2) is 4.65. The van der Waals surface area contributed by atoms with Crippen molar-refractivity contribution in [2.45, 2.75) is 19.4 Å². The summed E-state index contributed by atoms with van der Waals surface area (Å²) in [6.45, 7) is 0.563. The van der Waals surface area contributed by atoms with Crippen molar-refractivity contribution in [2.24, 2.45) is 0 Å². The first kappa shape index (κ1) is 11.0. The molecule has 0 amide bonds. The SMILES string of the molecule is O=C1Cc2ccc(OCc3ccccc3)cc2C1. The Bertz CT molecular complexity index is 573. The molecular weight excluding hydrogens is 224 g/mol. The van der Waals surface area contributed by atoms with Crippen LogP contribution in [0.4, 0.5) is 0 Å². The summed E-state index contributed by atoms with van der Waals surface area (Å²) in [5, 5.41) is 0. The zero-order valence-electron chi connectivity index (χ0n) is 10.1. The summed E-state index contributed by atoms with van der Waals surface area (Å²) in [5.41, 5.74) is 3.41. The summed E-state index contributed by atoms with van der Waals surface area (Å²) in [5.74, 6) is 1.14. The molecule has 0 radical (unpaired) electrons. The molecule has 0 fully saturated rings. The molecule has 0 unspecified atom stereocenters. The minimum absolute atomic E-state index is 0.296. The van der Waals surface area contributed by atoms with Gasteiger partial charge in [0.05, 0.1) is 0 Å². The highest BCUT2D eigenvalue weighted by atomic mass is 16.5. The number of hydrogen-bond donors (Lipinski definition) is 0. The lowest BCUT2D eigenvalue weighted by molar-refractivity contribution is -0.117. The molecule has 2 aromatic rings. The summed E-state index contributed by atoms with van der Waals surface area (Å²) in [7, 11) is 0. The van der Waals surface area contributed by atoms with Crippen LogP contribution in [0.3, 0.4) is 0 Å². The Kier molecular flexibility index (Phi) is 2.85. The molecule has 0 spiro atoms. The van der Waals surface area contributed by atoms with Gasteiger partial charge in [0, 0.05) is 12.8 Å². The van der Waals surface area contributed by atoms with E-state index in [1.54, 1.807) is 0 Å². The third kappa shape index (κ3) is 2.28. The first-order valence-corrected chi connectivity index (χ1v) is 6.11. The standard InChI is InChI=1S/C16H14O2/c17-15-8-13-6-7-16(10-14(13)9-15)18-11-12-4-2-1-3-5-12/h1-7,10H,8-9,11H2. The van der Waals surface area contributed by atoms with Gasteiger partial charge < -0.3 is 4.74 Å². The second-order valence-electron chi connectivity index (χ2n) is 4.60. The Labute approximate surface area is 106 Å². The van der Waals surface area contributed by atoms with E-state index in [0.29, 0.717) is 25.2 Å². The van der Waals surface area contributed by atoms with Gasteiger partial charge >= 0.3 is 0 Å². The van der Waals surface area contributed by atoms with Crippen LogP contribution in [-0.4, -0.2) is 5.78 Å². The molecule has 2 heteroatoms. The van der Waals surface area contributed by atoms with Crippen LogP contribution in [0, 0.1) is 0 Å². The first-order valence-electron chi connectivity index (χ1n) is 6.11. The maximum absolute atomic E-state index is 11.3. The topological polar surface area (TPSA) is 26.3 Å². The van der Waals surface area contributed by atoms with Gasteiger partial charge in [-0.05, 0) is 28.8 Å². The lowest BCUT2D eigenvalue weighted by Crippen LogP contribution is -1.95. The summed E-state index contributed by atoms with van der Waals surface area (Å²) in [6, 6.07) is 16.0.